The molecule has 0 spiro atoms. The van der Waals surface area contributed by atoms with Crippen molar-refractivity contribution < 1.29 is 13.2 Å². The topological polar surface area (TPSA) is 89.3 Å². The first-order valence-corrected chi connectivity index (χ1v) is 8.04. The molecular weight excluding hydrogens is 240 g/mol. The molecule has 0 aromatic heterocycles. The van der Waals surface area contributed by atoms with Gasteiger partial charge in [-0.25, -0.2) is 8.42 Å². The summed E-state index contributed by atoms with van der Waals surface area (Å²) < 4.78 is 22.6. The van der Waals surface area contributed by atoms with Crippen molar-refractivity contribution in [1.82, 2.24) is 5.32 Å². The maximum Gasteiger partial charge on any atom is 0.240 e. The molecule has 3 N–H and O–H groups in total. The molecule has 0 aromatic carbocycles. The van der Waals surface area contributed by atoms with Gasteiger partial charge < -0.3 is 11.1 Å². The van der Waals surface area contributed by atoms with Crippen LogP contribution in [-0.4, -0.2) is 37.4 Å². The van der Waals surface area contributed by atoms with Crippen LogP contribution in [0.15, 0.2) is 0 Å². The second-order valence-corrected chi connectivity index (χ2v) is 7.52. The van der Waals surface area contributed by atoms with Crippen LogP contribution in [0.1, 0.15) is 38.5 Å². The van der Waals surface area contributed by atoms with Gasteiger partial charge in [0.2, 0.25) is 5.91 Å². The van der Waals surface area contributed by atoms with Gasteiger partial charge in [0, 0.05) is 6.04 Å². The second-order valence-electron chi connectivity index (χ2n) is 5.29. The number of sulfone groups is 1. The summed E-state index contributed by atoms with van der Waals surface area (Å²) in [6.07, 6.45) is 5.02. The monoisotopic (exact) mass is 260 g/mol. The number of rotatable bonds is 2. The molecule has 0 radical (unpaired) electrons. The zero-order valence-electron chi connectivity index (χ0n) is 9.94. The van der Waals surface area contributed by atoms with Gasteiger partial charge in [-0.15, -0.1) is 0 Å². The van der Waals surface area contributed by atoms with Crippen molar-refractivity contribution in [3.8, 4) is 0 Å². The van der Waals surface area contributed by atoms with Gasteiger partial charge in [0.25, 0.3) is 0 Å². The fourth-order valence-corrected chi connectivity index (χ4v) is 4.32. The quantitative estimate of drug-likeness (QED) is 0.728. The number of carbonyl (C=O) groups excluding carboxylic acids is 1. The lowest BCUT2D eigenvalue weighted by Gasteiger charge is -2.32. The fraction of sp³-hybridized carbons (Fsp3) is 0.909. The third kappa shape index (κ3) is 2.98. The molecule has 17 heavy (non-hydrogen) atoms. The minimum atomic E-state index is -2.95. The summed E-state index contributed by atoms with van der Waals surface area (Å²) in [5.74, 6) is 0.0731. The van der Waals surface area contributed by atoms with Crippen LogP contribution >= 0.6 is 0 Å². The normalized spacial score (nSPS) is 31.0. The molecule has 6 heteroatoms. The molecule has 1 saturated carbocycles. The SMILES string of the molecule is NC1(C(=O)NC2CCS(=O)(=O)C2)CCCCC1. The Morgan fingerprint density at radius 3 is 2.41 bits per heavy atom. The largest absolute Gasteiger partial charge is 0.351 e. The van der Waals surface area contributed by atoms with E-state index in [4.69, 9.17) is 5.73 Å². The maximum atomic E-state index is 12.1. The van der Waals surface area contributed by atoms with Gasteiger partial charge in [-0.1, -0.05) is 19.3 Å². The Bertz CT molecular complexity index is 399. The Morgan fingerprint density at radius 2 is 1.88 bits per heavy atom. The van der Waals surface area contributed by atoms with Gasteiger partial charge >= 0.3 is 0 Å². The molecule has 1 heterocycles. The first-order valence-electron chi connectivity index (χ1n) is 6.22. The highest BCUT2D eigenvalue weighted by Crippen LogP contribution is 2.26. The van der Waals surface area contributed by atoms with E-state index >= 15 is 0 Å². The Labute approximate surface area is 102 Å². The Hall–Kier alpha value is -0.620. The Balaban J connectivity index is 1.93. The third-order valence-electron chi connectivity index (χ3n) is 3.77. The number of hydrogen-bond acceptors (Lipinski definition) is 4. The number of nitrogens with one attached hydrogen (secondary N) is 1. The van der Waals surface area contributed by atoms with Crippen LogP contribution in [0.3, 0.4) is 0 Å². The van der Waals surface area contributed by atoms with Gasteiger partial charge in [0.05, 0.1) is 17.0 Å². The lowest BCUT2D eigenvalue weighted by molar-refractivity contribution is -0.128. The van der Waals surface area contributed by atoms with E-state index in [1.807, 2.05) is 0 Å². The van der Waals surface area contributed by atoms with Gasteiger partial charge in [-0.05, 0) is 19.3 Å². The van der Waals surface area contributed by atoms with E-state index < -0.39 is 15.4 Å². The summed E-state index contributed by atoms with van der Waals surface area (Å²) >= 11 is 0. The molecule has 1 atom stereocenters. The second kappa shape index (κ2) is 4.57. The van der Waals surface area contributed by atoms with E-state index in [0.717, 1.165) is 19.3 Å². The molecule has 1 saturated heterocycles. The van der Waals surface area contributed by atoms with Crippen LogP contribution in [0, 0.1) is 0 Å². The van der Waals surface area contributed by atoms with E-state index in [0.29, 0.717) is 19.3 Å². The van der Waals surface area contributed by atoms with Crippen molar-refractivity contribution >= 4 is 15.7 Å². The molecule has 0 aromatic rings. The summed E-state index contributed by atoms with van der Waals surface area (Å²) in [6.45, 7) is 0. The summed E-state index contributed by atoms with van der Waals surface area (Å²) in [5.41, 5.74) is 5.31. The zero-order chi connectivity index (χ0) is 12.5. The summed E-state index contributed by atoms with van der Waals surface area (Å²) in [5, 5.41) is 2.80. The van der Waals surface area contributed by atoms with E-state index in [1.165, 1.54) is 0 Å². The van der Waals surface area contributed by atoms with Gasteiger partial charge in [0.15, 0.2) is 9.84 Å². The van der Waals surface area contributed by atoms with Gasteiger partial charge in [0.1, 0.15) is 0 Å². The minimum Gasteiger partial charge on any atom is -0.351 e. The van der Waals surface area contributed by atoms with E-state index in [1.54, 1.807) is 0 Å². The number of amides is 1. The van der Waals surface area contributed by atoms with E-state index in [-0.39, 0.29) is 23.5 Å². The zero-order valence-corrected chi connectivity index (χ0v) is 10.8. The fourth-order valence-electron chi connectivity index (χ4n) is 2.65. The number of hydrogen-bond donors (Lipinski definition) is 2. The van der Waals surface area contributed by atoms with E-state index in [2.05, 4.69) is 5.32 Å². The molecular formula is C11H20N2O3S. The number of nitrogens with two attached hydrogens (primary N) is 1. The molecule has 0 bridgehead atoms. The highest BCUT2D eigenvalue weighted by Gasteiger charge is 2.38. The van der Waals surface area contributed by atoms with Crippen molar-refractivity contribution in [2.24, 2.45) is 5.73 Å². The van der Waals surface area contributed by atoms with Crippen molar-refractivity contribution in [2.45, 2.75) is 50.1 Å². The molecule has 2 aliphatic rings. The minimum absolute atomic E-state index is 0.0643. The van der Waals surface area contributed by atoms with Crippen LogP contribution in [0.25, 0.3) is 0 Å². The predicted molar refractivity (Wildman–Crippen MR) is 65.2 cm³/mol. The number of carbonyl (C=O) groups is 1. The van der Waals surface area contributed by atoms with Crippen LogP contribution in [0.4, 0.5) is 0 Å². The van der Waals surface area contributed by atoms with Crippen LogP contribution < -0.4 is 11.1 Å². The maximum absolute atomic E-state index is 12.1. The van der Waals surface area contributed by atoms with Crippen molar-refractivity contribution in [3.63, 3.8) is 0 Å². The Morgan fingerprint density at radius 1 is 1.24 bits per heavy atom. The molecule has 1 aliphatic heterocycles. The van der Waals surface area contributed by atoms with Crippen LogP contribution in [-0.2, 0) is 14.6 Å². The lowest BCUT2D eigenvalue weighted by atomic mass is 9.82. The van der Waals surface area contributed by atoms with Crippen molar-refractivity contribution in [1.29, 1.82) is 0 Å². The average molecular weight is 260 g/mol. The highest BCUT2D eigenvalue weighted by molar-refractivity contribution is 7.91. The summed E-state index contributed by atoms with van der Waals surface area (Å²) in [4.78, 5) is 12.1. The smallest absolute Gasteiger partial charge is 0.240 e. The van der Waals surface area contributed by atoms with Crippen molar-refractivity contribution in [3.05, 3.63) is 0 Å². The summed E-state index contributed by atoms with van der Waals surface area (Å²) in [6, 6.07) is -0.241. The molecule has 2 fully saturated rings. The molecule has 1 amide bonds. The predicted octanol–water partition coefficient (Wildman–Crippen LogP) is -0.0487. The molecule has 2 rings (SSSR count). The average Bonchev–Trinajstić information content (AvgIpc) is 2.59. The third-order valence-corrected chi connectivity index (χ3v) is 5.53. The van der Waals surface area contributed by atoms with Gasteiger partial charge in [-0.3, -0.25) is 4.79 Å². The van der Waals surface area contributed by atoms with Crippen LogP contribution in [0.5, 0.6) is 0 Å². The van der Waals surface area contributed by atoms with Crippen LogP contribution in [0.2, 0.25) is 0 Å². The summed E-state index contributed by atoms with van der Waals surface area (Å²) in [7, 11) is -2.95. The lowest BCUT2D eigenvalue weighted by Crippen LogP contribution is -2.57. The molecule has 1 aliphatic carbocycles. The van der Waals surface area contributed by atoms with Crippen molar-refractivity contribution in [2.75, 3.05) is 11.5 Å². The first-order chi connectivity index (χ1) is 7.91. The standard InChI is InChI=1S/C11H20N2O3S/c12-11(5-2-1-3-6-11)10(14)13-9-4-7-17(15,16)8-9/h9H,1-8,12H2,(H,13,14). The van der Waals surface area contributed by atoms with E-state index in [9.17, 15) is 13.2 Å². The Kier molecular flexibility index (Phi) is 3.45. The molecule has 5 nitrogen and oxygen atoms in total. The molecule has 1 unspecified atom stereocenters. The van der Waals surface area contributed by atoms with Gasteiger partial charge in [-0.2, -0.15) is 0 Å². The first kappa shape index (κ1) is 12.8. The highest BCUT2D eigenvalue weighted by atomic mass is 32.2. The molecule has 98 valence electrons.